The van der Waals surface area contributed by atoms with Crippen LogP contribution >= 0.6 is 0 Å². The molecule has 0 heterocycles. The van der Waals surface area contributed by atoms with Gasteiger partial charge in [-0.3, -0.25) is 14.4 Å². The molecule has 0 amide bonds. The van der Waals surface area contributed by atoms with E-state index in [0.717, 1.165) is 64.2 Å². The highest BCUT2D eigenvalue weighted by molar-refractivity contribution is 5.71. The summed E-state index contributed by atoms with van der Waals surface area (Å²) < 4.78 is 16.9. The molecule has 0 aromatic heterocycles. The minimum atomic E-state index is -0.772. The average molecular weight is 972 g/mol. The van der Waals surface area contributed by atoms with Crippen LogP contribution in [-0.4, -0.2) is 37.2 Å². The molecule has 0 aliphatic rings. The van der Waals surface area contributed by atoms with E-state index in [2.05, 4.69) is 45.1 Å². The normalized spacial score (nSPS) is 12.1. The molecule has 0 bridgehead atoms. The number of esters is 3. The van der Waals surface area contributed by atoms with Crippen LogP contribution in [0.3, 0.4) is 0 Å². The highest BCUT2D eigenvalue weighted by atomic mass is 16.6. The molecule has 6 nitrogen and oxygen atoms in total. The van der Waals surface area contributed by atoms with Gasteiger partial charge in [0.05, 0.1) is 0 Å². The molecule has 0 aliphatic carbocycles. The van der Waals surface area contributed by atoms with Crippen molar-refractivity contribution in [1.29, 1.82) is 0 Å². The summed E-state index contributed by atoms with van der Waals surface area (Å²) in [6.07, 6.45) is 68.9. The predicted molar refractivity (Wildman–Crippen MR) is 298 cm³/mol. The van der Waals surface area contributed by atoms with E-state index in [1.807, 2.05) is 0 Å². The number of hydrogen-bond acceptors (Lipinski definition) is 6. The van der Waals surface area contributed by atoms with Gasteiger partial charge in [0.1, 0.15) is 13.2 Å². The molecule has 0 fully saturated rings. The first-order valence-electron chi connectivity index (χ1n) is 30.8. The molecule has 0 spiro atoms. The molecule has 6 heteroatoms. The predicted octanol–water partition coefficient (Wildman–Crippen LogP) is 20.7. The first-order valence-corrected chi connectivity index (χ1v) is 30.8. The van der Waals surface area contributed by atoms with Crippen LogP contribution in [-0.2, 0) is 28.6 Å². The lowest BCUT2D eigenvalue weighted by atomic mass is 10.0. The van der Waals surface area contributed by atoms with Crippen LogP contribution in [0.1, 0.15) is 342 Å². The maximum Gasteiger partial charge on any atom is 0.306 e. The molecule has 0 aliphatic heterocycles. The van der Waals surface area contributed by atoms with E-state index < -0.39 is 6.10 Å². The second-order valence-electron chi connectivity index (χ2n) is 21.0. The van der Waals surface area contributed by atoms with Crippen molar-refractivity contribution >= 4 is 17.9 Å². The van der Waals surface area contributed by atoms with Crippen LogP contribution < -0.4 is 0 Å². The fourth-order valence-corrected chi connectivity index (χ4v) is 9.26. The van der Waals surface area contributed by atoms with Gasteiger partial charge in [-0.2, -0.15) is 0 Å². The molecule has 0 radical (unpaired) electrons. The number of unbranched alkanes of at least 4 members (excludes halogenated alkanes) is 42. The molecule has 0 aromatic rings. The Bertz CT molecular complexity index is 1110. The van der Waals surface area contributed by atoms with Crippen LogP contribution in [0.15, 0.2) is 24.3 Å². The van der Waals surface area contributed by atoms with Crippen LogP contribution in [0, 0.1) is 0 Å². The summed E-state index contributed by atoms with van der Waals surface area (Å²) in [4.78, 5) is 38.2. The van der Waals surface area contributed by atoms with Crippen molar-refractivity contribution in [3.63, 3.8) is 0 Å². The monoisotopic (exact) mass is 971 g/mol. The van der Waals surface area contributed by atoms with Crippen molar-refractivity contribution in [2.45, 2.75) is 348 Å². The third-order valence-electron chi connectivity index (χ3n) is 13.9. The van der Waals surface area contributed by atoms with E-state index in [-0.39, 0.29) is 31.1 Å². The minimum Gasteiger partial charge on any atom is -0.462 e. The van der Waals surface area contributed by atoms with Crippen molar-refractivity contribution in [3.05, 3.63) is 24.3 Å². The van der Waals surface area contributed by atoms with Gasteiger partial charge in [0.25, 0.3) is 0 Å². The largest absolute Gasteiger partial charge is 0.462 e. The van der Waals surface area contributed by atoms with E-state index >= 15 is 0 Å². The summed E-state index contributed by atoms with van der Waals surface area (Å²) in [5, 5.41) is 0. The number of ether oxygens (including phenoxy) is 3. The van der Waals surface area contributed by atoms with Crippen molar-refractivity contribution in [2.75, 3.05) is 13.2 Å². The third-order valence-corrected chi connectivity index (χ3v) is 13.9. The molecule has 0 rings (SSSR count). The van der Waals surface area contributed by atoms with Gasteiger partial charge in [-0.1, -0.05) is 276 Å². The molecule has 0 N–H and O–H groups in total. The van der Waals surface area contributed by atoms with E-state index in [1.54, 1.807) is 0 Å². The number of carbonyl (C=O) groups is 3. The Kier molecular flexibility index (Phi) is 56.7. The first kappa shape index (κ1) is 66.9. The minimum absolute atomic E-state index is 0.0700. The first-order chi connectivity index (χ1) is 34.0. The molecular formula is C63H118O6. The zero-order valence-corrected chi connectivity index (χ0v) is 46.6. The van der Waals surface area contributed by atoms with Gasteiger partial charge in [0, 0.05) is 19.3 Å². The van der Waals surface area contributed by atoms with Crippen molar-refractivity contribution in [3.8, 4) is 0 Å². The van der Waals surface area contributed by atoms with Crippen LogP contribution in [0.4, 0.5) is 0 Å². The molecule has 0 saturated heterocycles. The lowest BCUT2D eigenvalue weighted by Gasteiger charge is -2.18. The van der Waals surface area contributed by atoms with Gasteiger partial charge in [-0.05, 0) is 70.6 Å². The molecule has 1 unspecified atom stereocenters. The highest BCUT2D eigenvalue weighted by Crippen LogP contribution is 2.17. The topological polar surface area (TPSA) is 78.9 Å². The lowest BCUT2D eigenvalue weighted by molar-refractivity contribution is -0.167. The smallest absolute Gasteiger partial charge is 0.306 e. The molecule has 0 saturated carbocycles. The maximum atomic E-state index is 12.9. The molecular weight excluding hydrogens is 853 g/mol. The Morgan fingerprint density at radius 3 is 0.725 bits per heavy atom. The van der Waals surface area contributed by atoms with E-state index in [4.69, 9.17) is 14.2 Å². The molecule has 1 atom stereocenters. The van der Waals surface area contributed by atoms with Gasteiger partial charge < -0.3 is 14.2 Å². The second-order valence-corrected chi connectivity index (χ2v) is 21.0. The summed E-state index contributed by atoms with van der Waals surface area (Å²) in [5.74, 6) is -0.857. The summed E-state index contributed by atoms with van der Waals surface area (Å²) in [5.41, 5.74) is 0. The molecule has 69 heavy (non-hydrogen) atoms. The molecule has 0 aromatic carbocycles. The Hall–Kier alpha value is -2.11. The summed E-state index contributed by atoms with van der Waals surface area (Å²) in [7, 11) is 0. The zero-order valence-electron chi connectivity index (χ0n) is 46.6. The summed E-state index contributed by atoms with van der Waals surface area (Å²) >= 11 is 0. The number of rotatable bonds is 57. The van der Waals surface area contributed by atoms with Gasteiger partial charge in [0.2, 0.25) is 0 Å². The van der Waals surface area contributed by atoms with Gasteiger partial charge in [-0.25, -0.2) is 0 Å². The van der Waals surface area contributed by atoms with Gasteiger partial charge >= 0.3 is 17.9 Å². The Morgan fingerprint density at radius 2 is 0.478 bits per heavy atom. The lowest BCUT2D eigenvalue weighted by Crippen LogP contribution is -2.30. The second kappa shape index (κ2) is 58.5. The number of hydrogen-bond donors (Lipinski definition) is 0. The van der Waals surface area contributed by atoms with Crippen LogP contribution in [0.2, 0.25) is 0 Å². The van der Waals surface area contributed by atoms with Crippen molar-refractivity contribution in [1.82, 2.24) is 0 Å². The Balaban J connectivity index is 4.26. The number of allylic oxidation sites excluding steroid dienone is 4. The fourth-order valence-electron chi connectivity index (χ4n) is 9.26. The van der Waals surface area contributed by atoms with Crippen LogP contribution in [0.5, 0.6) is 0 Å². The van der Waals surface area contributed by atoms with E-state index in [1.165, 1.54) is 238 Å². The fraction of sp³-hybridized carbons (Fsp3) is 0.889. The maximum absolute atomic E-state index is 12.9. The van der Waals surface area contributed by atoms with E-state index in [0.29, 0.717) is 19.3 Å². The number of carbonyl (C=O) groups excluding carboxylic acids is 3. The third kappa shape index (κ3) is 56.7. The average Bonchev–Trinajstić information content (AvgIpc) is 3.35. The zero-order chi connectivity index (χ0) is 50.0. The van der Waals surface area contributed by atoms with Gasteiger partial charge in [0.15, 0.2) is 6.10 Å². The van der Waals surface area contributed by atoms with Crippen molar-refractivity contribution < 1.29 is 28.6 Å². The standard InChI is InChI=1S/C63H118O6/c1-4-7-10-13-16-19-22-25-27-28-29-30-31-32-33-34-36-38-41-44-47-50-53-56-62(65)68-59-60(58-67-61(64)55-52-49-46-43-40-37-24-21-18-15-12-9-6-3)69-63(66)57-54-51-48-45-42-39-35-26-23-20-17-14-11-8-5-2/h26,28-29,35,60H,4-25,27,30-34,36-59H2,1-3H3/b29-28-,35-26-. The van der Waals surface area contributed by atoms with Crippen LogP contribution in [0.25, 0.3) is 0 Å². The Labute approximate surface area is 430 Å². The summed E-state index contributed by atoms with van der Waals surface area (Å²) in [6.45, 7) is 6.68. The summed E-state index contributed by atoms with van der Waals surface area (Å²) in [6, 6.07) is 0. The SMILES string of the molecule is CCCCCCCC/C=C\CCCCCCCC(=O)OC(COC(=O)CCCCCCCCCCCCC/C=C\CCCCCCCCCC)COC(=O)CCCCCCCCCCCCCCC. The molecule has 406 valence electrons. The van der Waals surface area contributed by atoms with Crippen molar-refractivity contribution in [2.24, 2.45) is 0 Å². The highest BCUT2D eigenvalue weighted by Gasteiger charge is 2.19. The van der Waals surface area contributed by atoms with E-state index in [9.17, 15) is 14.4 Å². The quantitative estimate of drug-likeness (QED) is 0.0261. The Morgan fingerprint density at radius 1 is 0.275 bits per heavy atom. The van der Waals surface area contributed by atoms with Gasteiger partial charge in [-0.15, -0.1) is 0 Å².